The van der Waals surface area contributed by atoms with Crippen molar-refractivity contribution < 1.29 is 14.2 Å². The Morgan fingerprint density at radius 1 is 0.840 bits per heavy atom. The van der Waals surface area contributed by atoms with Crippen LogP contribution in [0.3, 0.4) is 0 Å². The maximum Gasteiger partial charge on any atom is 0.166 e. The van der Waals surface area contributed by atoms with Crippen molar-refractivity contribution >= 4 is 0 Å². The summed E-state index contributed by atoms with van der Waals surface area (Å²) < 4.78 is 17.5. The minimum Gasteiger partial charge on any atom is -0.490 e. The number of para-hydroxylation sites is 2. The zero-order chi connectivity index (χ0) is 17.1. The molecule has 3 aromatic rings. The summed E-state index contributed by atoms with van der Waals surface area (Å²) in [6.45, 7) is 3.05. The molecular weight excluding hydrogens is 312 g/mol. The quantitative estimate of drug-likeness (QED) is 0.681. The maximum absolute atomic E-state index is 5.91. The first kappa shape index (κ1) is 15.6. The molecule has 0 saturated carbocycles. The van der Waals surface area contributed by atoms with Crippen LogP contribution in [-0.4, -0.2) is 19.3 Å². The topological polar surface area (TPSA) is 27.7 Å². The van der Waals surface area contributed by atoms with E-state index in [-0.39, 0.29) is 6.10 Å². The van der Waals surface area contributed by atoms with Crippen LogP contribution in [0.1, 0.15) is 5.56 Å². The van der Waals surface area contributed by atoms with Crippen molar-refractivity contribution in [2.24, 2.45) is 0 Å². The molecule has 126 valence electrons. The lowest BCUT2D eigenvalue weighted by Crippen LogP contribution is -2.34. The van der Waals surface area contributed by atoms with E-state index in [2.05, 4.69) is 43.3 Å². The zero-order valence-corrected chi connectivity index (χ0v) is 14.1. The molecule has 0 saturated heterocycles. The van der Waals surface area contributed by atoms with Crippen molar-refractivity contribution in [3.8, 4) is 28.4 Å². The Kier molecular flexibility index (Phi) is 4.30. The van der Waals surface area contributed by atoms with E-state index in [1.165, 1.54) is 16.7 Å². The molecule has 0 spiro atoms. The zero-order valence-electron chi connectivity index (χ0n) is 14.1. The van der Waals surface area contributed by atoms with Crippen LogP contribution >= 0.6 is 0 Å². The number of aryl methyl sites for hydroxylation is 1. The average molecular weight is 332 g/mol. The van der Waals surface area contributed by atoms with Gasteiger partial charge in [0.15, 0.2) is 17.6 Å². The summed E-state index contributed by atoms with van der Waals surface area (Å²) in [6, 6.07) is 24.4. The van der Waals surface area contributed by atoms with Gasteiger partial charge in [0.05, 0.1) is 0 Å². The van der Waals surface area contributed by atoms with Crippen molar-refractivity contribution in [3.63, 3.8) is 0 Å². The smallest absolute Gasteiger partial charge is 0.166 e. The van der Waals surface area contributed by atoms with Crippen molar-refractivity contribution in [3.05, 3.63) is 78.4 Å². The molecule has 1 heterocycles. The highest BCUT2D eigenvalue weighted by Crippen LogP contribution is 2.31. The summed E-state index contributed by atoms with van der Waals surface area (Å²) in [6.07, 6.45) is -0.105. The van der Waals surface area contributed by atoms with E-state index in [4.69, 9.17) is 14.2 Å². The van der Waals surface area contributed by atoms with Gasteiger partial charge >= 0.3 is 0 Å². The van der Waals surface area contributed by atoms with Gasteiger partial charge in [-0.3, -0.25) is 0 Å². The van der Waals surface area contributed by atoms with Crippen LogP contribution < -0.4 is 14.2 Å². The molecule has 1 aliphatic rings. The highest BCUT2D eigenvalue weighted by atomic mass is 16.6. The van der Waals surface area contributed by atoms with Gasteiger partial charge in [-0.1, -0.05) is 54.1 Å². The van der Waals surface area contributed by atoms with E-state index in [1.54, 1.807) is 0 Å². The van der Waals surface area contributed by atoms with E-state index < -0.39 is 0 Å². The van der Waals surface area contributed by atoms with Crippen LogP contribution in [0.25, 0.3) is 11.1 Å². The second kappa shape index (κ2) is 6.89. The van der Waals surface area contributed by atoms with Gasteiger partial charge in [-0.15, -0.1) is 0 Å². The Labute approximate surface area is 147 Å². The highest BCUT2D eigenvalue weighted by molar-refractivity contribution is 5.64. The van der Waals surface area contributed by atoms with Crippen LogP contribution in [0, 0.1) is 6.92 Å². The molecule has 3 aromatic carbocycles. The molecule has 3 heteroatoms. The van der Waals surface area contributed by atoms with Gasteiger partial charge in [0.2, 0.25) is 0 Å². The summed E-state index contributed by atoms with van der Waals surface area (Å²) in [5.74, 6) is 2.40. The Balaban J connectivity index is 1.37. The third-order valence-electron chi connectivity index (χ3n) is 4.24. The van der Waals surface area contributed by atoms with Gasteiger partial charge in [0, 0.05) is 0 Å². The summed E-state index contributed by atoms with van der Waals surface area (Å²) in [5.41, 5.74) is 3.65. The minimum atomic E-state index is -0.105. The summed E-state index contributed by atoms with van der Waals surface area (Å²) >= 11 is 0. The van der Waals surface area contributed by atoms with Crippen LogP contribution in [0.15, 0.2) is 72.8 Å². The molecule has 0 amide bonds. The molecule has 0 fully saturated rings. The lowest BCUT2D eigenvalue weighted by Gasteiger charge is -2.26. The molecule has 0 aromatic heterocycles. The molecule has 0 bridgehead atoms. The molecular formula is C22H20O3. The molecule has 1 unspecified atom stereocenters. The van der Waals surface area contributed by atoms with Crippen molar-refractivity contribution in [2.75, 3.05) is 13.2 Å². The normalized spacial score (nSPS) is 15.6. The molecule has 4 rings (SSSR count). The van der Waals surface area contributed by atoms with Gasteiger partial charge in [0.25, 0.3) is 0 Å². The SMILES string of the molecule is Cc1ccc(-c2ccc(OCC3COc4ccccc4O3)cc2)cc1. The summed E-state index contributed by atoms with van der Waals surface area (Å²) in [7, 11) is 0. The molecule has 0 aliphatic carbocycles. The number of fused-ring (bicyclic) bond motifs is 1. The summed E-state index contributed by atoms with van der Waals surface area (Å²) in [4.78, 5) is 0. The number of rotatable bonds is 4. The van der Waals surface area contributed by atoms with Gasteiger partial charge in [-0.05, 0) is 42.3 Å². The molecule has 25 heavy (non-hydrogen) atoms. The largest absolute Gasteiger partial charge is 0.490 e. The first-order chi connectivity index (χ1) is 12.3. The standard InChI is InChI=1S/C22H20O3/c1-16-6-8-17(9-7-16)18-10-12-19(13-11-18)23-14-20-15-24-21-4-2-3-5-22(21)25-20/h2-13,20H,14-15H2,1H3. The Morgan fingerprint density at radius 3 is 2.20 bits per heavy atom. The van der Waals surface area contributed by atoms with Gasteiger partial charge in [-0.25, -0.2) is 0 Å². The Bertz CT molecular complexity index is 838. The fraction of sp³-hybridized carbons (Fsp3) is 0.182. The maximum atomic E-state index is 5.91. The second-order valence-electron chi connectivity index (χ2n) is 6.20. The van der Waals surface area contributed by atoms with E-state index in [0.717, 1.165) is 17.2 Å². The molecule has 1 atom stereocenters. The Hall–Kier alpha value is -2.94. The monoisotopic (exact) mass is 332 g/mol. The Morgan fingerprint density at radius 2 is 1.48 bits per heavy atom. The predicted molar refractivity (Wildman–Crippen MR) is 98.5 cm³/mol. The lowest BCUT2D eigenvalue weighted by atomic mass is 10.0. The van der Waals surface area contributed by atoms with Gasteiger partial charge < -0.3 is 14.2 Å². The van der Waals surface area contributed by atoms with E-state index in [1.807, 2.05) is 36.4 Å². The highest BCUT2D eigenvalue weighted by Gasteiger charge is 2.21. The van der Waals surface area contributed by atoms with Crippen molar-refractivity contribution in [1.29, 1.82) is 0 Å². The van der Waals surface area contributed by atoms with Crippen LogP contribution in [-0.2, 0) is 0 Å². The van der Waals surface area contributed by atoms with Gasteiger partial charge in [-0.2, -0.15) is 0 Å². The summed E-state index contributed by atoms with van der Waals surface area (Å²) in [5, 5.41) is 0. The van der Waals surface area contributed by atoms with Crippen molar-refractivity contribution in [2.45, 2.75) is 13.0 Å². The molecule has 0 radical (unpaired) electrons. The average Bonchev–Trinajstić information content (AvgIpc) is 2.67. The number of ether oxygens (including phenoxy) is 3. The number of hydrogen-bond acceptors (Lipinski definition) is 3. The van der Waals surface area contributed by atoms with E-state index in [9.17, 15) is 0 Å². The fourth-order valence-electron chi connectivity index (χ4n) is 2.82. The molecule has 3 nitrogen and oxygen atoms in total. The predicted octanol–water partition coefficient (Wildman–Crippen LogP) is 4.88. The van der Waals surface area contributed by atoms with E-state index in [0.29, 0.717) is 13.2 Å². The third kappa shape index (κ3) is 3.61. The minimum absolute atomic E-state index is 0.105. The third-order valence-corrected chi connectivity index (χ3v) is 4.24. The number of benzene rings is 3. The van der Waals surface area contributed by atoms with Gasteiger partial charge in [0.1, 0.15) is 19.0 Å². The van der Waals surface area contributed by atoms with Crippen LogP contribution in [0.4, 0.5) is 0 Å². The second-order valence-corrected chi connectivity index (χ2v) is 6.20. The first-order valence-corrected chi connectivity index (χ1v) is 8.46. The van der Waals surface area contributed by atoms with Crippen LogP contribution in [0.2, 0.25) is 0 Å². The molecule has 1 aliphatic heterocycles. The van der Waals surface area contributed by atoms with Crippen LogP contribution in [0.5, 0.6) is 17.2 Å². The number of hydrogen-bond donors (Lipinski definition) is 0. The fourth-order valence-corrected chi connectivity index (χ4v) is 2.82. The van der Waals surface area contributed by atoms with Crippen molar-refractivity contribution in [1.82, 2.24) is 0 Å². The first-order valence-electron chi connectivity index (χ1n) is 8.46. The lowest BCUT2D eigenvalue weighted by molar-refractivity contribution is 0.0535. The molecule has 0 N–H and O–H groups in total. The van der Waals surface area contributed by atoms with E-state index >= 15 is 0 Å².